The van der Waals surface area contributed by atoms with Gasteiger partial charge in [0.1, 0.15) is 5.65 Å². The molecular weight excluding hydrogens is 591 g/mol. The number of nitrogens with zero attached hydrogens (tertiary/aromatic N) is 3. The summed E-state index contributed by atoms with van der Waals surface area (Å²) in [6.07, 6.45) is -2.35. The van der Waals surface area contributed by atoms with Crippen molar-refractivity contribution in [2.45, 2.75) is 19.5 Å². The highest BCUT2D eigenvalue weighted by Crippen LogP contribution is 2.40. The Morgan fingerprint density at radius 3 is 2.22 bits per heavy atom. The van der Waals surface area contributed by atoms with Crippen LogP contribution >= 0.6 is 0 Å². The minimum atomic E-state index is -5.08. The van der Waals surface area contributed by atoms with Crippen molar-refractivity contribution in [1.29, 1.82) is 0 Å². The Kier molecular flexibility index (Phi) is 9.92. The number of benzene rings is 2. The van der Waals surface area contributed by atoms with Crippen molar-refractivity contribution < 1.29 is 37.8 Å². The zero-order valence-electron chi connectivity index (χ0n) is 24.6. The van der Waals surface area contributed by atoms with Crippen LogP contribution in [0.15, 0.2) is 67.4 Å². The van der Waals surface area contributed by atoms with Gasteiger partial charge in [0.05, 0.1) is 12.1 Å². The number of aliphatic carboxylic acids is 2. The van der Waals surface area contributed by atoms with Gasteiger partial charge in [-0.05, 0) is 66.6 Å². The largest absolute Gasteiger partial charge is 0.490 e. The first-order valence-electron chi connectivity index (χ1n) is 13.9. The molecule has 0 saturated carbocycles. The molecule has 45 heavy (non-hydrogen) atoms. The number of hydrogen-bond donors (Lipinski definition) is 4. The number of H-pyrrole nitrogens is 1. The van der Waals surface area contributed by atoms with Gasteiger partial charge in [-0.1, -0.05) is 30.8 Å². The van der Waals surface area contributed by atoms with Gasteiger partial charge in [0.25, 0.3) is 0 Å². The Hall–Kier alpha value is -5.17. The number of aromatic amines is 1. The normalized spacial score (nSPS) is 13.6. The predicted octanol–water partition coefficient (Wildman–Crippen LogP) is 5.34. The van der Waals surface area contributed by atoms with Crippen LogP contribution in [0.2, 0.25) is 0 Å². The Bertz CT molecular complexity index is 1730. The highest BCUT2D eigenvalue weighted by atomic mass is 19.4. The maximum Gasteiger partial charge on any atom is 0.490 e. The molecule has 1 aliphatic heterocycles. The second kappa shape index (κ2) is 13.6. The molecule has 1 amide bonds. The molecule has 1 aliphatic rings. The number of halogens is 3. The number of nitrogens with one attached hydrogen (secondary N) is 2. The summed E-state index contributed by atoms with van der Waals surface area (Å²) in [7, 11) is 2.15. The Balaban J connectivity index is 0.000000591. The molecule has 3 heterocycles. The topological polar surface area (TPSA) is 139 Å². The van der Waals surface area contributed by atoms with Gasteiger partial charge in [0.2, 0.25) is 5.91 Å². The number of carboxylic acid groups (broad SMARTS) is 2. The van der Waals surface area contributed by atoms with Gasteiger partial charge in [-0.25, -0.2) is 9.78 Å². The lowest BCUT2D eigenvalue weighted by Crippen LogP contribution is -2.44. The molecule has 0 atom stereocenters. The van der Waals surface area contributed by atoms with Crippen LogP contribution in [-0.2, 0) is 20.8 Å². The van der Waals surface area contributed by atoms with Crippen molar-refractivity contribution in [2.24, 2.45) is 0 Å². The van der Waals surface area contributed by atoms with Crippen LogP contribution in [0.25, 0.3) is 33.4 Å². The average Bonchev–Trinajstić information content (AvgIpc) is 3.37. The lowest BCUT2D eigenvalue weighted by molar-refractivity contribution is -0.192. The number of aryl methyl sites for hydroxylation is 1. The molecule has 0 spiro atoms. The second-order valence-electron chi connectivity index (χ2n) is 10.5. The maximum absolute atomic E-state index is 12.1. The number of alkyl halides is 3. The van der Waals surface area contributed by atoms with Gasteiger partial charge in [-0.2, -0.15) is 13.2 Å². The van der Waals surface area contributed by atoms with E-state index in [2.05, 4.69) is 63.0 Å². The van der Waals surface area contributed by atoms with E-state index in [1.54, 1.807) is 6.20 Å². The third kappa shape index (κ3) is 8.06. The van der Waals surface area contributed by atoms with Gasteiger partial charge in [0.15, 0.2) is 0 Å². The molecular formula is C32H32F3N5O5. The third-order valence-electron chi connectivity index (χ3n) is 7.30. The van der Waals surface area contributed by atoms with Crippen LogP contribution in [0.1, 0.15) is 11.1 Å². The highest BCUT2D eigenvalue weighted by molar-refractivity contribution is 6.04. The smallest absolute Gasteiger partial charge is 0.481 e. The number of carbonyl (C=O) groups excluding carboxylic acids is 1. The van der Waals surface area contributed by atoms with Crippen molar-refractivity contribution in [2.75, 3.05) is 43.4 Å². The summed E-state index contributed by atoms with van der Waals surface area (Å²) in [6.45, 7) is 9.55. The highest BCUT2D eigenvalue weighted by Gasteiger charge is 2.38. The van der Waals surface area contributed by atoms with E-state index in [1.165, 1.54) is 11.8 Å². The number of aromatic nitrogens is 2. The molecule has 0 aliphatic carbocycles. The first-order chi connectivity index (χ1) is 21.3. The number of rotatable bonds is 7. The van der Waals surface area contributed by atoms with Crippen LogP contribution in [0.3, 0.4) is 0 Å². The van der Waals surface area contributed by atoms with E-state index in [4.69, 9.17) is 9.90 Å². The Labute approximate surface area is 256 Å². The van der Waals surface area contributed by atoms with Crippen LogP contribution < -0.4 is 10.2 Å². The van der Waals surface area contributed by atoms with E-state index in [0.29, 0.717) is 16.9 Å². The second-order valence-corrected chi connectivity index (χ2v) is 10.5. The lowest BCUT2D eigenvalue weighted by Gasteiger charge is -2.34. The fourth-order valence-corrected chi connectivity index (χ4v) is 4.90. The lowest BCUT2D eigenvalue weighted by atomic mass is 9.96. The molecule has 0 bridgehead atoms. The zero-order valence-corrected chi connectivity index (χ0v) is 24.6. The molecule has 4 N–H and O–H groups in total. The number of carbonyl (C=O) groups is 3. The van der Waals surface area contributed by atoms with E-state index >= 15 is 0 Å². The van der Waals surface area contributed by atoms with Gasteiger partial charge < -0.3 is 30.3 Å². The summed E-state index contributed by atoms with van der Waals surface area (Å²) in [5, 5.41) is 20.2. The minimum Gasteiger partial charge on any atom is -0.481 e. The first-order valence-corrected chi connectivity index (χ1v) is 13.9. The summed E-state index contributed by atoms with van der Waals surface area (Å²) < 4.78 is 31.7. The predicted molar refractivity (Wildman–Crippen MR) is 165 cm³/mol. The number of anilines is 2. The number of pyridine rings is 1. The third-order valence-corrected chi connectivity index (χ3v) is 7.30. The number of likely N-dealkylation sites (N-methyl/N-ethyl adjacent to an activating group) is 1. The van der Waals surface area contributed by atoms with E-state index < -0.39 is 18.1 Å². The Morgan fingerprint density at radius 2 is 1.64 bits per heavy atom. The number of carboxylic acids is 2. The van der Waals surface area contributed by atoms with E-state index in [1.807, 2.05) is 31.2 Å². The number of piperazine rings is 1. The van der Waals surface area contributed by atoms with Crippen LogP contribution in [0.5, 0.6) is 0 Å². The van der Waals surface area contributed by atoms with E-state index in [9.17, 15) is 27.9 Å². The molecule has 10 nitrogen and oxygen atoms in total. The summed E-state index contributed by atoms with van der Waals surface area (Å²) in [5.74, 6) is -3.95. The summed E-state index contributed by atoms with van der Waals surface area (Å²) in [6, 6.07) is 16.3. The minimum absolute atomic E-state index is 0.114. The first kappa shape index (κ1) is 32.7. The van der Waals surface area contributed by atoms with Crippen molar-refractivity contribution in [3.63, 3.8) is 0 Å². The fraction of sp³-hybridized carbons (Fsp3) is 0.250. The summed E-state index contributed by atoms with van der Waals surface area (Å²) in [4.78, 5) is 45.1. The standard InChI is InChI=1S/C30H31N5O3.C2HF3O2/c1-4-26(36)32-25-17-22(6-5-19(25)2)28-24-15-20(16-27(37)38)18-31-30(24)33-29(28)21-7-9-23(10-8-21)35-13-11-34(3)12-14-35;3-2(4,5)1(6)7/h4-10,15,17-18H,1,11-14,16H2,2-3H3,(H,31,33)(H,32,36)(H,37,38);(H,6,7). The average molecular weight is 624 g/mol. The van der Waals surface area contributed by atoms with Gasteiger partial charge in [0, 0.05) is 54.7 Å². The number of fused-ring (bicyclic) bond motifs is 1. The molecule has 236 valence electrons. The van der Waals surface area contributed by atoms with Gasteiger partial charge in [-0.15, -0.1) is 0 Å². The van der Waals surface area contributed by atoms with E-state index in [-0.39, 0.29) is 12.3 Å². The number of amides is 1. The van der Waals surface area contributed by atoms with Crippen molar-refractivity contribution in [1.82, 2.24) is 14.9 Å². The molecule has 4 aromatic rings. The molecule has 5 rings (SSSR count). The van der Waals surface area contributed by atoms with Crippen LogP contribution in [0.4, 0.5) is 24.5 Å². The Morgan fingerprint density at radius 1 is 1.02 bits per heavy atom. The molecule has 1 fully saturated rings. The summed E-state index contributed by atoms with van der Waals surface area (Å²) in [5.41, 5.74) is 7.75. The van der Waals surface area contributed by atoms with Crippen LogP contribution in [-0.4, -0.2) is 82.3 Å². The maximum atomic E-state index is 12.1. The quantitative estimate of drug-likeness (QED) is 0.202. The van der Waals surface area contributed by atoms with Gasteiger partial charge in [-0.3, -0.25) is 9.59 Å². The number of hydrogen-bond acceptors (Lipinski definition) is 6. The van der Waals surface area contributed by atoms with Gasteiger partial charge >= 0.3 is 18.1 Å². The SMILES string of the molecule is C=CC(=O)Nc1cc(-c2c(-c3ccc(N4CCN(C)CC4)cc3)[nH]c3ncc(CC(=O)O)cc23)ccc1C.O=C(O)C(F)(F)F. The van der Waals surface area contributed by atoms with E-state index in [0.717, 1.165) is 59.5 Å². The summed E-state index contributed by atoms with van der Waals surface area (Å²) >= 11 is 0. The molecule has 0 radical (unpaired) electrons. The molecule has 2 aromatic heterocycles. The van der Waals surface area contributed by atoms with Crippen molar-refractivity contribution in [3.05, 3.63) is 78.5 Å². The van der Waals surface area contributed by atoms with Crippen LogP contribution in [0, 0.1) is 6.92 Å². The molecule has 13 heteroatoms. The molecule has 1 saturated heterocycles. The molecule has 0 unspecified atom stereocenters. The zero-order chi connectivity index (χ0) is 32.9. The monoisotopic (exact) mass is 623 g/mol. The molecule has 2 aromatic carbocycles. The van der Waals surface area contributed by atoms with Crippen molar-refractivity contribution >= 4 is 40.3 Å². The fourth-order valence-electron chi connectivity index (χ4n) is 4.90. The van der Waals surface area contributed by atoms with Crippen molar-refractivity contribution in [3.8, 4) is 22.4 Å².